The van der Waals surface area contributed by atoms with E-state index in [4.69, 9.17) is 4.74 Å². The van der Waals surface area contributed by atoms with Crippen LogP contribution in [-0.4, -0.2) is 45.4 Å². The number of nitrogens with one attached hydrogen (secondary N) is 2. The van der Waals surface area contributed by atoms with Gasteiger partial charge in [0.05, 0.1) is 12.7 Å². The predicted molar refractivity (Wildman–Crippen MR) is 139 cm³/mol. The molecule has 1 saturated heterocycles. The Morgan fingerprint density at radius 2 is 1.81 bits per heavy atom. The van der Waals surface area contributed by atoms with Gasteiger partial charge in [-0.1, -0.05) is 30.3 Å². The highest BCUT2D eigenvalue weighted by Crippen LogP contribution is 2.38. The van der Waals surface area contributed by atoms with Crippen LogP contribution in [0.2, 0.25) is 0 Å². The number of nitrogens with zero attached hydrogens (tertiary/aromatic N) is 1. The van der Waals surface area contributed by atoms with E-state index in [-0.39, 0.29) is 17.1 Å². The zero-order valence-electron chi connectivity index (χ0n) is 20.2. The Balaban J connectivity index is 1.45. The van der Waals surface area contributed by atoms with Crippen molar-refractivity contribution in [3.8, 4) is 5.75 Å². The number of halogens is 1. The molecule has 1 aliphatic heterocycles. The molecular formula is C26H30FN3O4S2. The van der Waals surface area contributed by atoms with Crippen molar-refractivity contribution in [3.05, 3.63) is 87.9 Å². The lowest BCUT2D eigenvalue weighted by Crippen LogP contribution is -2.52. The van der Waals surface area contributed by atoms with Crippen molar-refractivity contribution in [1.29, 1.82) is 0 Å². The Morgan fingerprint density at radius 3 is 2.44 bits per heavy atom. The Morgan fingerprint density at radius 1 is 1.11 bits per heavy atom. The summed E-state index contributed by atoms with van der Waals surface area (Å²) in [6.45, 7) is 2.75. The van der Waals surface area contributed by atoms with E-state index in [0.29, 0.717) is 49.4 Å². The first-order valence-electron chi connectivity index (χ1n) is 11.7. The molecule has 1 aliphatic rings. The van der Waals surface area contributed by atoms with E-state index in [1.807, 2.05) is 23.6 Å². The summed E-state index contributed by atoms with van der Waals surface area (Å²) in [6, 6.07) is 16.3. The third kappa shape index (κ3) is 5.78. The normalized spacial score (nSPS) is 16.9. The quantitative estimate of drug-likeness (QED) is 0.432. The molecule has 0 radical (unpaired) electrons. The summed E-state index contributed by atoms with van der Waals surface area (Å²) in [4.78, 5) is 14.1. The van der Waals surface area contributed by atoms with Gasteiger partial charge in [0, 0.05) is 36.0 Å². The summed E-state index contributed by atoms with van der Waals surface area (Å²) in [5.41, 5.74) is 0.768. The van der Waals surface area contributed by atoms with Crippen molar-refractivity contribution in [2.24, 2.45) is 0 Å². The second kappa shape index (κ2) is 11.1. The minimum absolute atomic E-state index is 0.228. The number of ether oxygens (including phenoxy) is 1. The first kappa shape index (κ1) is 26.3. The van der Waals surface area contributed by atoms with Crippen LogP contribution in [0.25, 0.3) is 0 Å². The molecule has 0 bridgehead atoms. The average Bonchev–Trinajstić information content (AvgIpc) is 3.43. The smallest absolute Gasteiger partial charge is 0.279 e. The highest BCUT2D eigenvalue weighted by Gasteiger charge is 2.40. The maximum Gasteiger partial charge on any atom is 0.279 e. The third-order valence-corrected chi connectivity index (χ3v) is 9.51. The highest BCUT2D eigenvalue weighted by molar-refractivity contribution is 7.87. The number of thiophene rings is 1. The number of benzene rings is 2. The van der Waals surface area contributed by atoms with Gasteiger partial charge in [0.15, 0.2) is 0 Å². The summed E-state index contributed by atoms with van der Waals surface area (Å²) in [6.07, 6.45) is 1.12. The van der Waals surface area contributed by atoms with E-state index < -0.39 is 16.3 Å². The maximum atomic E-state index is 13.2. The fourth-order valence-corrected chi connectivity index (χ4v) is 6.92. The summed E-state index contributed by atoms with van der Waals surface area (Å²) < 4.78 is 48.9. The van der Waals surface area contributed by atoms with E-state index >= 15 is 0 Å². The van der Waals surface area contributed by atoms with E-state index in [2.05, 4.69) is 10.0 Å². The van der Waals surface area contributed by atoms with Crippen molar-refractivity contribution in [2.45, 2.75) is 31.2 Å². The maximum absolute atomic E-state index is 13.2. The van der Waals surface area contributed by atoms with Crippen molar-refractivity contribution in [3.63, 3.8) is 0 Å². The van der Waals surface area contributed by atoms with E-state index in [1.54, 1.807) is 48.6 Å². The number of hydrogen-bond acceptors (Lipinski definition) is 5. The number of rotatable bonds is 9. The molecule has 10 heteroatoms. The number of piperidine rings is 1. The monoisotopic (exact) mass is 531 g/mol. The fourth-order valence-electron chi connectivity index (χ4n) is 4.54. The summed E-state index contributed by atoms with van der Waals surface area (Å²) >= 11 is 1.61. The molecule has 1 amide bonds. The van der Waals surface area contributed by atoms with Crippen LogP contribution < -0.4 is 14.8 Å². The van der Waals surface area contributed by atoms with Crippen LogP contribution in [0, 0.1) is 5.82 Å². The van der Waals surface area contributed by atoms with Gasteiger partial charge in [-0.15, -0.1) is 11.3 Å². The summed E-state index contributed by atoms with van der Waals surface area (Å²) in [7, 11) is -2.23. The van der Waals surface area contributed by atoms with Gasteiger partial charge in [-0.3, -0.25) is 4.79 Å². The molecule has 1 unspecified atom stereocenters. The first-order chi connectivity index (χ1) is 17.2. The van der Waals surface area contributed by atoms with Crippen LogP contribution in [0.1, 0.15) is 46.6 Å². The molecule has 1 aromatic heterocycles. The van der Waals surface area contributed by atoms with Crippen molar-refractivity contribution in [2.75, 3.05) is 26.7 Å². The van der Waals surface area contributed by atoms with Gasteiger partial charge in [-0.05, 0) is 61.0 Å². The molecule has 7 nitrogen and oxygen atoms in total. The van der Waals surface area contributed by atoms with Crippen LogP contribution in [0.5, 0.6) is 5.75 Å². The Bertz CT molecular complexity index is 1270. The molecule has 0 aliphatic carbocycles. The fraction of sp³-hybridized carbons (Fsp3) is 0.346. The Labute approximate surface area is 215 Å². The van der Waals surface area contributed by atoms with Crippen LogP contribution in [0.4, 0.5) is 4.39 Å². The van der Waals surface area contributed by atoms with Crippen LogP contribution in [0.15, 0.2) is 66.0 Å². The van der Waals surface area contributed by atoms with E-state index in [9.17, 15) is 17.6 Å². The number of para-hydroxylation sites is 1. The third-order valence-electron chi connectivity index (χ3n) is 6.70. The summed E-state index contributed by atoms with van der Waals surface area (Å²) in [5.74, 6) is -0.0942. The second-order valence-corrected chi connectivity index (χ2v) is 11.6. The van der Waals surface area contributed by atoms with Gasteiger partial charge in [0.1, 0.15) is 11.6 Å². The van der Waals surface area contributed by atoms with Gasteiger partial charge in [0.2, 0.25) is 0 Å². The number of carbonyl (C=O) groups excluding carboxylic acids is 1. The molecule has 1 fully saturated rings. The zero-order valence-corrected chi connectivity index (χ0v) is 21.9. The number of methoxy groups -OCH3 is 1. The molecule has 2 heterocycles. The molecule has 192 valence electrons. The first-order valence-corrected chi connectivity index (χ1v) is 14.0. The van der Waals surface area contributed by atoms with Gasteiger partial charge < -0.3 is 10.1 Å². The number of amides is 1. The zero-order chi connectivity index (χ0) is 25.8. The Hall–Kier alpha value is -2.79. The molecule has 2 aromatic carbocycles. The van der Waals surface area contributed by atoms with Crippen LogP contribution >= 0.6 is 11.3 Å². The topological polar surface area (TPSA) is 87.7 Å². The molecule has 4 rings (SSSR count). The lowest BCUT2D eigenvalue weighted by atomic mass is 9.77. The summed E-state index contributed by atoms with van der Waals surface area (Å²) in [5, 5.41) is 5.05. The van der Waals surface area contributed by atoms with Crippen molar-refractivity contribution >= 4 is 27.5 Å². The Kier molecular flexibility index (Phi) is 8.09. The largest absolute Gasteiger partial charge is 0.496 e. The van der Waals surface area contributed by atoms with Crippen molar-refractivity contribution < 1.29 is 22.3 Å². The lowest BCUT2D eigenvalue weighted by Gasteiger charge is -2.41. The molecule has 2 N–H and O–H groups in total. The minimum atomic E-state index is -3.75. The standard InChI is InChI=1S/C26H30FN3O4S2/c1-19(20-9-11-21(27)12-10-20)29-36(32,33)30-15-13-26(14-16-30,24-8-5-17-35-24)18-28-25(31)22-6-3-4-7-23(22)34-2/h3-12,17,19,29H,13-16,18H2,1-2H3,(H,28,31). The van der Waals surface area contributed by atoms with Gasteiger partial charge >= 0.3 is 0 Å². The van der Waals surface area contributed by atoms with E-state index in [1.165, 1.54) is 23.5 Å². The SMILES string of the molecule is COc1ccccc1C(=O)NCC1(c2cccs2)CCN(S(=O)(=O)NC(C)c2ccc(F)cc2)CC1. The number of hydrogen-bond donors (Lipinski definition) is 2. The molecule has 0 saturated carbocycles. The molecule has 0 spiro atoms. The highest BCUT2D eigenvalue weighted by atomic mass is 32.2. The lowest BCUT2D eigenvalue weighted by molar-refractivity contribution is 0.0930. The van der Waals surface area contributed by atoms with Crippen LogP contribution in [-0.2, 0) is 15.6 Å². The average molecular weight is 532 g/mol. The van der Waals surface area contributed by atoms with Gasteiger partial charge in [0.25, 0.3) is 16.1 Å². The molecule has 36 heavy (non-hydrogen) atoms. The van der Waals surface area contributed by atoms with Gasteiger partial charge in [-0.25, -0.2) is 4.39 Å². The van der Waals surface area contributed by atoms with E-state index in [0.717, 1.165) is 4.88 Å². The minimum Gasteiger partial charge on any atom is -0.496 e. The molecular weight excluding hydrogens is 501 g/mol. The predicted octanol–water partition coefficient (Wildman–Crippen LogP) is 4.26. The van der Waals surface area contributed by atoms with Gasteiger partial charge in [-0.2, -0.15) is 17.4 Å². The molecule has 1 atom stereocenters. The second-order valence-electron chi connectivity index (χ2n) is 8.94. The van der Waals surface area contributed by atoms with Crippen molar-refractivity contribution in [1.82, 2.24) is 14.3 Å². The van der Waals surface area contributed by atoms with Crippen LogP contribution in [0.3, 0.4) is 0 Å². The number of carbonyl (C=O) groups is 1. The molecule has 3 aromatic rings.